The van der Waals surface area contributed by atoms with E-state index in [0.29, 0.717) is 6.42 Å². The third kappa shape index (κ3) is 14.3. The Bertz CT molecular complexity index is 745. The van der Waals surface area contributed by atoms with Gasteiger partial charge in [0.2, 0.25) is 16.4 Å². The van der Waals surface area contributed by atoms with E-state index in [1.165, 1.54) is 44.9 Å². The minimum atomic E-state index is -4.48. The highest BCUT2D eigenvalue weighted by atomic mass is 32.3. The minimum absolute atomic E-state index is 0.00685. The van der Waals surface area contributed by atoms with Crippen molar-refractivity contribution in [3.63, 3.8) is 0 Å². The number of rotatable bonds is 15. The Morgan fingerprint density at radius 1 is 0.844 bits per heavy atom. The second-order valence-corrected chi connectivity index (χ2v) is 8.90. The first-order valence-electron chi connectivity index (χ1n) is 11.7. The molecule has 0 saturated carbocycles. The van der Waals surface area contributed by atoms with Gasteiger partial charge in [-0.1, -0.05) is 101 Å². The predicted octanol–water partition coefficient (Wildman–Crippen LogP) is 4.94. The number of unbranched alkanes of at least 4 members (excludes halogenated alkanes) is 9. The number of aliphatic hydroxyl groups excluding tert-OH is 1. The van der Waals surface area contributed by atoms with Crippen LogP contribution in [-0.2, 0) is 14.6 Å². The average molecular weight is 466 g/mol. The number of aliphatic hydroxyl groups is 1. The Morgan fingerprint density at radius 3 is 1.84 bits per heavy atom. The highest BCUT2D eigenvalue weighted by Gasteiger charge is 2.18. The summed E-state index contributed by atoms with van der Waals surface area (Å²) in [6.07, 6.45) is 15.6. The first-order valence-corrected chi connectivity index (χ1v) is 13.0. The maximum absolute atomic E-state index is 10.1. The molecule has 32 heavy (non-hydrogen) atoms. The highest BCUT2D eigenvalue weighted by molar-refractivity contribution is 7.80. The fourth-order valence-electron chi connectivity index (χ4n) is 3.42. The molecule has 0 saturated heterocycles. The van der Waals surface area contributed by atoms with E-state index in [0.717, 1.165) is 18.4 Å². The zero-order valence-corrected chi connectivity index (χ0v) is 20.1. The maximum atomic E-state index is 10.1. The van der Waals surface area contributed by atoms with Gasteiger partial charge in [0.1, 0.15) is 6.61 Å². The van der Waals surface area contributed by atoms with Gasteiger partial charge in [-0.3, -0.25) is 4.18 Å². The summed E-state index contributed by atoms with van der Waals surface area (Å²) >= 11 is 0. The van der Waals surface area contributed by atoms with Crippen LogP contribution in [0.2, 0.25) is 0 Å². The summed E-state index contributed by atoms with van der Waals surface area (Å²) in [5, 5.41) is 9.41. The molecule has 7 heteroatoms. The highest BCUT2D eigenvalue weighted by Crippen LogP contribution is 2.11. The molecule has 1 heterocycles. The molecule has 1 atom stereocenters. The molecule has 6 nitrogen and oxygen atoms in total. The van der Waals surface area contributed by atoms with Crippen molar-refractivity contribution < 1.29 is 26.8 Å². The fourth-order valence-corrected chi connectivity index (χ4v) is 3.74. The second-order valence-electron chi connectivity index (χ2n) is 7.84. The van der Waals surface area contributed by atoms with Crippen LogP contribution in [0.4, 0.5) is 0 Å². The third-order valence-corrected chi connectivity index (χ3v) is 5.64. The van der Waals surface area contributed by atoms with Gasteiger partial charge in [0.05, 0.1) is 6.61 Å². The van der Waals surface area contributed by atoms with Gasteiger partial charge in [0, 0.05) is 17.7 Å². The first kappa shape index (κ1) is 28.2. The van der Waals surface area contributed by atoms with Crippen molar-refractivity contribution in [3.05, 3.63) is 66.5 Å². The lowest BCUT2D eigenvalue weighted by Crippen LogP contribution is -2.41. The smallest absolute Gasteiger partial charge is 0.217 e. The van der Waals surface area contributed by atoms with Gasteiger partial charge in [-0.2, -0.15) is 4.57 Å². The van der Waals surface area contributed by atoms with Crippen molar-refractivity contribution in [2.45, 2.75) is 77.2 Å². The largest absolute Gasteiger partial charge is 0.726 e. The van der Waals surface area contributed by atoms with Crippen LogP contribution >= 0.6 is 0 Å². The van der Waals surface area contributed by atoms with Crippen LogP contribution in [0.15, 0.2) is 60.9 Å². The Kier molecular flexibility index (Phi) is 15.6. The van der Waals surface area contributed by atoms with Crippen molar-refractivity contribution in [2.24, 2.45) is 0 Å². The predicted molar refractivity (Wildman–Crippen MR) is 126 cm³/mol. The van der Waals surface area contributed by atoms with Gasteiger partial charge in [-0.25, -0.2) is 8.42 Å². The van der Waals surface area contributed by atoms with Crippen molar-refractivity contribution >= 4 is 10.4 Å². The van der Waals surface area contributed by atoms with Crippen LogP contribution in [0.1, 0.15) is 82.7 Å². The van der Waals surface area contributed by atoms with Crippen molar-refractivity contribution in [1.82, 2.24) is 0 Å². The van der Waals surface area contributed by atoms with Gasteiger partial charge in [0.15, 0.2) is 12.4 Å². The molecule has 0 aliphatic heterocycles. The molecule has 0 radical (unpaired) electrons. The van der Waals surface area contributed by atoms with Crippen molar-refractivity contribution in [3.8, 4) is 0 Å². The Balaban J connectivity index is 0.000000321. The monoisotopic (exact) mass is 465 g/mol. The van der Waals surface area contributed by atoms with Crippen LogP contribution in [-0.4, -0.2) is 31.3 Å². The molecular formula is C25H39NO5S. The summed E-state index contributed by atoms with van der Waals surface area (Å²) in [5.74, 6) is 0. The van der Waals surface area contributed by atoms with Crippen LogP contribution in [0.25, 0.3) is 0 Å². The van der Waals surface area contributed by atoms with E-state index in [2.05, 4.69) is 11.1 Å². The Labute approximate surface area is 194 Å². The number of hydrogen-bond acceptors (Lipinski definition) is 5. The molecular weight excluding hydrogens is 426 g/mol. The number of aromatic nitrogens is 1. The molecule has 0 unspecified atom stereocenters. The quantitative estimate of drug-likeness (QED) is 0.174. The van der Waals surface area contributed by atoms with E-state index in [4.69, 9.17) is 0 Å². The molecule has 0 amide bonds. The van der Waals surface area contributed by atoms with E-state index < -0.39 is 10.4 Å². The summed E-state index contributed by atoms with van der Waals surface area (Å²) in [6, 6.07) is 15.9. The van der Waals surface area contributed by atoms with Gasteiger partial charge in [-0.05, 0) is 6.42 Å². The van der Waals surface area contributed by atoms with E-state index in [-0.39, 0.29) is 19.3 Å². The Hall–Kier alpha value is -1.80. The van der Waals surface area contributed by atoms with Gasteiger partial charge in [-0.15, -0.1) is 0 Å². The molecule has 0 fully saturated rings. The third-order valence-electron chi connectivity index (χ3n) is 5.18. The van der Waals surface area contributed by atoms with E-state index in [9.17, 15) is 18.1 Å². The number of hydrogen-bond donors (Lipinski definition) is 1. The van der Waals surface area contributed by atoms with Crippen molar-refractivity contribution in [1.29, 1.82) is 0 Å². The SMILES string of the molecule is CCCCCCCCCCCCOS(=O)(=O)[O-].OC[C@@H](c1ccccc1)[n+]1ccccc1. The van der Waals surface area contributed by atoms with E-state index in [1.807, 2.05) is 65.5 Å². The lowest BCUT2D eigenvalue weighted by molar-refractivity contribution is -0.715. The molecule has 2 aromatic rings. The van der Waals surface area contributed by atoms with Crippen molar-refractivity contribution in [2.75, 3.05) is 13.2 Å². The zero-order chi connectivity index (χ0) is 23.5. The number of benzene rings is 1. The van der Waals surface area contributed by atoms with Crippen LogP contribution < -0.4 is 4.57 Å². The van der Waals surface area contributed by atoms with Crippen LogP contribution in [0.5, 0.6) is 0 Å². The Morgan fingerprint density at radius 2 is 1.34 bits per heavy atom. The van der Waals surface area contributed by atoms with E-state index >= 15 is 0 Å². The fraction of sp³-hybridized carbons (Fsp3) is 0.560. The van der Waals surface area contributed by atoms with Gasteiger partial charge < -0.3 is 9.66 Å². The molecule has 0 spiro atoms. The maximum Gasteiger partial charge on any atom is 0.217 e. The molecule has 2 rings (SSSR count). The summed E-state index contributed by atoms with van der Waals surface area (Å²) in [6.45, 7) is 2.35. The topological polar surface area (TPSA) is 90.5 Å². The molecule has 180 valence electrons. The minimum Gasteiger partial charge on any atom is -0.726 e. The average Bonchev–Trinajstić information content (AvgIpc) is 2.79. The molecule has 0 aliphatic carbocycles. The summed E-state index contributed by atoms with van der Waals surface area (Å²) in [4.78, 5) is 0. The summed E-state index contributed by atoms with van der Waals surface area (Å²) < 4.78 is 36.5. The standard InChI is InChI=1S/C13H14NO.C12H26O4S/c15-11-13(12-7-3-1-4-8-12)14-9-5-2-6-10-14;1-2-3-4-5-6-7-8-9-10-11-12-16-17(13,14)15/h1-10,13,15H,11H2;2-12H2,1H3,(H,13,14,15)/q+1;/p-1/t13-;/m0./s1. The molecule has 0 bridgehead atoms. The van der Waals surface area contributed by atoms with Crippen LogP contribution in [0, 0.1) is 0 Å². The lowest BCUT2D eigenvalue weighted by Gasteiger charge is -2.09. The van der Waals surface area contributed by atoms with Gasteiger partial charge >= 0.3 is 0 Å². The lowest BCUT2D eigenvalue weighted by atomic mass is 10.1. The van der Waals surface area contributed by atoms with E-state index in [1.54, 1.807) is 0 Å². The van der Waals surface area contributed by atoms with Crippen LogP contribution in [0.3, 0.4) is 0 Å². The molecule has 0 aliphatic rings. The molecule has 1 aromatic heterocycles. The summed E-state index contributed by atoms with van der Waals surface area (Å²) in [5.41, 5.74) is 1.12. The van der Waals surface area contributed by atoms with Gasteiger partial charge in [0.25, 0.3) is 0 Å². The second kappa shape index (κ2) is 17.7. The number of nitrogens with zero attached hydrogens (tertiary/aromatic N) is 1. The number of pyridine rings is 1. The molecule has 1 N–H and O–H groups in total. The first-order chi connectivity index (χ1) is 15.5. The zero-order valence-electron chi connectivity index (χ0n) is 19.3. The normalized spacial score (nSPS) is 12.1. The summed E-state index contributed by atoms with van der Waals surface area (Å²) in [7, 11) is -4.48. The molecule has 1 aromatic carbocycles.